The van der Waals surface area contributed by atoms with Crippen LogP contribution in [0.1, 0.15) is 38.5 Å². The highest BCUT2D eigenvalue weighted by atomic mass is 16.6. The first-order valence-electron chi connectivity index (χ1n) is 10.5. The van der Waals surface area contributed by atoms with Gasteiger partial charge in [-0.25, -0.2) is 9.59 Å². The minimum absolute atomic E-state index is 0.0306. The maximum Gasteiger partial charge on any atom is 0.410 e. The summed E-state index contributed by atoms with van der Waals surface area (Å²) >= 11 is 0. The number of hydrogen-bond donors (Lipinski definition) is 1. The molecular weight excluding hydrogens is 408 g/mol. The average molecular weight is 430 g/mol. The van der Waals surface area contributed by atoms with Gasteiger partial charge in [-0.1, -0.05) is 48.5 Å². The fourth-order valence-electron chi connectivity index (χ4n) is 4.71. The summed E-state index contributed by atoms with van der Waals surface area (Å²) in [5.74, 6) is -0.580. The quantitative estimate of drug-likeness (QED) is 0.643. The predicted octanol–water partition coefficient (Wildman–Crippen LogP) is 3.47. The molecule has 1 N–H and O–H groups in total. The van der Waals surface area contributed by atoms with Crippen LogP contribution in [0.5, 0.6) is 0 Å². The number of esters is 1. The number of nitrogens with zero attached hydrogens (tertiary/aromatic N) is 1. The average Bonchev–Trinajstić information content (AvgIpc) is 3.16. The Morgan fingerprint density at radius 2 is 1.69 bits per heavy atom. The third-order valence-electron chi connectivity index (χ3n) is 6.29. The molecule has 7 nitrogen and oxygen atoms in total. The molecule has 1 amide bonds. The molecule has 1 aliphatic carbocycles. The van der Waals surface area contributed by atoms with E-state index in [2.05, 4.69) is 29.2 Å². The molecule has 32 heavy (non-hydrogen) atoms. The van der Waals surface area contributed by atoms with E-state index in [1.165, 1.54) is 18.2 Å². The van der Waals surface area contributed by atoms with Gasteiger partial charge in [0.2, 0.25) is 0 Å². The molecule has 2 aromatic carbocycles. The normalized spacial score (nSPS) is 14.3. The third kappa shape index (κ3) is 3.26. The van der Waals surface area contributed by atoms with Crippen LogP contribution in [0.15, 0.2) is 59.5 Å². The number of benzene rings is 2. The van der Waals surface area contributed by atoms with Gasteiger partial charge in [0.05, 0.1) is 19.2 Å². The number of ether oxygens (including phenoxy) is 2. The van der Waals surface area contributed by atoms with Crippen molar-refractivity contribution in [1.29, 1.82) is 0 Å². The van der Waals surface area contributed by atoms with Crippen molar-refractivity contribution >= 4 is 12.1 Å². The first kappa shape index (κ1) is 20.1. The lowest BCUT2D eigenvalue weighted by atomic mass is 9.97. The SMILES string of the molecule is COC(=O)c1c[nH]c(=O)c2c1CN(C(=O)OCC1c3ccccc3-c3ccccc31)CC2. The highest BCUT2D eigenvalue weighted by Gasteiger charge is 2.31. The van der Waals surface area contributed by atoms with Gasteiger partial charge in [-0.2, -0.15) is 0 Å². The minimum Gasteiger partial charge on any atom is -0.465 e. The first-order valence-corrected chi connectivity index (χ1v) is 10.5. The molecule has 0 atom stereocenters. The fraction of sp³-hybridized carbons (Fsp3) is 0.240. The highest BCUT2D eigenvalue weighted by Crippen LogP contribution is 2.44. The molecule has 5 rings (SSSR count). The Morgan fingerprint density at radius 1 is 1.03 bits per heavy atom. The Bertz CT molecular complexity index is 1230. The van der Waals surface area contributed by atoms with Crippen LogP contribution in [0, 0.1) is 0 Å². The van der Waals surface area contributed by atoms with Gasteiger partial charge in [-0.15, -0.1) is 0 Å². The zero-order valence-corrected chi connectivity index (χ0v) is 17.6. The Kier molecular flexibility index (Phi) is 5.01. The second-order valence-electron chi connectivity index (χ2n) is 7.96. The number of aromatic nitrogens is 1. The van der Waals surface area contributed by atoms with Crippen molar-refractivity contribution in [2.45, 2.75) is 18.9 Å². The van der Waals surface area contributed by atoms with Gasteiger partial charge in [-0.05, 0) is 34.2 Å². The standard InChI is InChI=1S/C25H22N2O5/c1-31-24(29)20-12-26-23(28)19-10-11-27(13-21(19)20)25(30)32-14-22-17-8-4-2-6-15(17)16-7-3-5-9-18(16)22/h2-9,12,22H,10-11,13-14H2,1H3,(H,26,28). The van der Waals surface area contributed by atoms with E-state index in [0.29, 0.717) is 24.1 Å². The van der Waals surface area contributed by atoms with Crippen LogP contribution in [0.3, 0.4) is 0 Å². The monoisotopic (exact) mass is 430 g/mol. The van der Waals surface area contributed by atoms with Crippen molar-refractivity contribution < 1.29 is 19.1 Å². The number of amides is 1. The number of hydrogen-bond acceptors (Lipinski definition) is 5. The van der Waals surface area contributed by atoms with Crippen LogP contribution in [-0.4, -0.2) is 42.2 Å². The second-order valence-corrected chi connectivity index (χ2v) is 7.96. The van der Waals surface area contributed by atoms with Gasteiger partial charge >= 0.3 is 12.1 Å². The van der Waals surface area contributed by atoms with Gasteiger partial charge in [0, 0.05) is 24.2 Å². The number of carbonyl (C=O) groups excluding carboxylic acids is 2. The zero-order valence-electron chi connectivity index (χ0n) is 17.6. The number of aromatic amines is 1. The summed E-state index contributed by atoms with van der Waals surface area (Å²) in [6, 6.07) is 16.3. The molecule has 0 spiro atoms. The summed E-state index contributed by atoms with van der Waals surface area (Å²) in [6.45, 7) is 0.688. The predicted molar refractivity (Wildman–Crippen MR) is 118 cm³/mol. The van der Waals surface area contributed by atoms with Crippen LogP contribution in [0.2, 0.25) is 0 Å². The molecule has 3 aromatic rings. The number of H-pyrrole nitrogens is 1. The van der Waals surface area contributed by atoms with E-state index >= 15 is 0 Å². The van der Waals surface area contributed by atoms with Crippen LogP contribution in [-0.2, 0) is 22.4 Å². The molecule has 0 unspecified atom stereocenters. The number of pyridine rings is 1. The maximum absolute atomic E-state index is 12.9. The van der Waals surface area contributed by atoms with Crippen molar-refractivity contribution in [1.82, 2.24) is 9.88 Å². The lowest BCUT2D eigenvalue weighted by molar-refractivity contribution is 0.0593. The van der Waals surface area contributed by atoms with Crippen LogP contribution in [0.25, 0.3) is 11.1 Å². The lowest BCUT2D eigenvalue weighted by Crippen LogP contribution is -2.40. The van der Waals surface area contributed by atoms with Crippen molar-refractivity contribution in [3.8, 4) is 11.1 Å². The molecule has 2 heterocycles. The summed E-state index contributed by atoms with van der Waals surface area (Å²) in [6.07, 6.45) is 1.22. The molecule has 0 saturated carbocycles. The lowest BCUT2D eigenvalue weighted by Gasteiger charge is -2.29. The Labute approximate surface area is 184 Å². The highest BCUT2D eigenvalue weighted by molar-refractivity contribution is 5.91. The van der Waals surface area contributed by atoms with Crippen molar-refractivity contribution in [2.75, 3.05) is 20.3 Å². The molecule has 162 valence electrons. The van der Waals surface area contributed by atoms with E-state index in [1.54, 1.807) is 0 Å². The summed E-state index contributed by atoms with van der Waals surface area (Å²) in [4.78, 5) is 41.4. The molecule has 7 heteroatoms. The molecule has 1 aliphatic heterocycles. The summed E-state index contributed by atoms with van der Waals surface area (Å²) in [7, 11) is 1.28. The number of fused-ring (bicyclic) bond motifs is 4. The van der Waals surface area contributed by atoms with E-state index in [-0.39, 0.29) is 30.2 Å². The second kappa shape index (κ2) is 8.00. The van der Waals surface area contributed by atoms with E-state index in [0.717, 1.165) is 22.3 Å². The van der Waals surface area contributed by atoms with Crippen molar-refractivity contribution in [3.63, 3.8) is 0 Å². The molecule has 0 fully saturated rings. The summed E-state index contributed by atoms with van der Waals surface area (Å²) < 4.78 is 10.6. The first-order chi connectivity index (χ1) is 15.6. The molecule has 0 radical (unpaired) electrons. The molecule has 0 bridgehead atoms. The fourth-order valence-corrected chi connectivity index (χ4v) is 4.71. The van der Waals surface area contributed by atoms with Gasteiger partial charge in [0.25, 0.3) is 5.56 Å². The van der Waals surface area contributed by atoms with Crippen LogP contribution >= 0.6 is 0 Å². The van der Waals surface area contributed by atoms with E-state index < -0.39 is 12.1 Å². The molecular formula is C25H22N2O5. The van der Waals surface area contributed by atoms with Gasteiger partial charge in [-0.3, -0.25) is 4.79 Å². The number of carbonyl (C=O) groups is 2. The van der Waals surface area contributed by atoms with E-state index in [9.17, 15) is 14.4 Å². The Morgan fingerprint density at radius 3 is 2.34 bits per heavy atom. The van der Waals surface area contributed by atoms with Gasteiger partial charge in [0.1, 0.15) is 6.61 Å². The summed E-state index contributed by atoms with van der Waals surface area (Å²) in [5, 5.41) is 0. The Hall–Kier alpha value is -3.87. The van der Waals surface area contributed by atoms with Gasteiger partial charge in [0.15, 0.2) is 0 Å². The van der Waals surface area contributed by atoms with Crippen LogP contribution < -0.4 is 5.56 Å². The Balaban J connectivity index is 1.35. The number of rotatable bonds is 3. The zero-order chi connectivity index (χ0) is 22.2. The molecule has 0 saturated heterocycles. The number of methoxy groups -OCH3 is 1. The maximum atomic E-state index is 12.9. The number of nitrogens with one attached hydrogen (secondary N) is 1. The smallest absolute Gasteiger partial charge is 0.410 e. The van der Waals surface area contributed by atoms with Crippen LogP contribution in [0.4, 0.5) is 4.79 Å². The van der Waals surface area contributed by atoms with E-state index in [1.807, 2.05) is 24.3 Å². The topological polar surface area (TPSA) is 88.7 Å². The minimum atomic E-state index is -0.549. The van der Waals surface area contributed by atoms with E-state index in [4.69, 9.17) is 9.47 Å². The molecule has 2 aliphatic rings. The van der Waals surface area contributed by atoms with Crippen molar-refractivity contribution in [2.24, 2.45) is 0 Å². The van der Waals surface area contributed by atoms with Crippen molar-refractivity contribution in [3.05, 3.63) is 92.9 Å². The summed E-state index contributed by atoms with van der Waals surface area (Å²) in [5.41, 5.74) is 5.65. The largest absolute Gasteiger partial charge is 0.465 e. The molecule has 1 aromatic heterocycles. The van der Waals surface area contributed by atoms with Gasteiger partial charge < -0.3 is 19.4 Å². The third-order valence-corrected chi connectivity index (χ3v) is 6.29.